The molecule has 2 aromatic carbocycles. The van der Waals surface area contributed by atoms with E-state index in [2.05, 4.69) is 36.4 Å². The lowest BCUT2D eigenvalue weighted by molar-refractivity contribution is 0.0472. The highest BCUT2D eigenvalue weighted by atomic mass is 127. The standard InChI is InChI=1S/C21H19IO4/c1-12(2)16-10-17-14(9-20(23)26-19(17)8-13(16)3)11-25-21(24)15-6-4-5-7-18(15)22/h4-10,12H,11H2,1-3H3. The number of rotatable bonds is 4. The van der Waals surface area contributed by atoms with Gasteiger partial charge in [-0.25, -0.2) is 9.59 Å². The molecule has 1 aromatic heterocycles. The number of halogens is 1. The zero-order valence-corrected chi connectivity index (χ0v) is 17.0. The molecule has 0 bridgehead atoms. The van der Waals surface area contributed by atoms with Crippen molar-refractivity contribution in [1.29, 1.82) is 0 Å². The van der Waals surface area contributed by atoms with E-state index in [-0.39, 0.29) is 6.61 Å². The van der Waals surface area contributed by atoms with E-state index in [0.29, 0.717) is 22.6 Å². The van der Waals surface area contributed by atoms with Crippen LogP contribution in [0.4, 0.5) is 0 Å². The summed E-state index contributed by atoms with van der Waals surface area (Å²) in [5.74, 6) is -0.0692. The number of esters is 1. The van der Waals surface area contributed by atoms with Crippen molar-refractivity contribution in [3.05, 3.63) is 78.7 Å². The molecule has 0 saturated heterocycles. The summed E-state index contributed by atoms with van der Waals surface area (Å²) in [6.07, 6.45) is 0. The lowest BCUT2D eigenvalue weighted by Crippen LogP contribution is -2.09. The predicted octanol–water partition coefficient (Wildman–Crippen LogP) is 5.19. The van der Waals surface area contributed by atoms with Gasteiger partial charge in [-0.2, -0.15) is 0 Å². The molecule has 3 aromatic rings. The normalized spacial score (nSPS) is 11.1. The van der Waals surface area contributed by atoms with Crippen LogP contribution >= 0.6 is 22.6 Å². The summed E-state index contributed by atoms with van der Waals surface area (Å²) in [6, 6.07) is 12.5. The summed E-state index contributed by atoms with van der Waals surface area (Å²) in [7, 11) is 0. The molecule has 0 N–H and O–H groups in total. The molecule has 3 rings (SSSR count). The molecular weight excluding hydrogens is 443 g/mol. The van der Waals surface area contributed by atoms with Gasteiger partial charge in [0.25, 0.3) is 0 Å². The molecule has 0 saturated carbocycles. The van der Waals surface area contributed by atoms with Crippen LogP contribution in [0.15, 0.2) is 51.7 Å². The maximum atomic E-state index is 12.4. The molecule has 0 aliphatic heterocycles. The fourth-order valence-electron chi connectivity index (χ4n) is 2.98. The number of hydrogen-bond donors (Lipinski definition) is 0. The molecule has 0 fully saturated rings. The van der Waals surface area contributed by atoms with Crippen molar-refractivity contribution in [2.24, 2.45) is 0 Å². The second kappa shape index (κ2) is 7.61. The summed E-state index contributed by atoms with van der Waals surface area (Å²) in [6.45, 7) is 6.25. The SMILES string of the molecule is Cc1cc2oc(=O)cc(COC(=O)c3ccccc3I)c2cc1C(C)C. The van der Waals surface area contributed by atoms with E-state index in [1.165, 1.54) is 11.6 Å². The van der Waals surface area contributed by atoms with Gasteiger partial charge in [0.1, 0.15) is 12.2 Å². The lowest BCUT2D eigenvalue weighted by atomic mass is 9.95. The van der Waals surface area contributed by atoms with Gasteiger partial charge in [-0.1, -0.05) is 26.0 Å². The number of carbonyl (C=O) groups is 1. The summed E-state index contributed by atoms with van der Waals surface area (Å²) in [4.78, 5) is 24.3. The molecule has 4 nitrogen and oxygen atoms in total. The highest BCUT2D eigenvalue weighted by Gasteiger charge is 2.15. The quantitative estimate of drug-likeness (QED) is 0.305. The Balaban J connectivity index is 1.97. The minimum atomic E-state index is -0.450. The second-order valence-electron chi connectivity index (χ2n) is 6.51. The molecule has 5 heteroatoms. The molecule has 0 radical (unpaired) electrons. The van der Waals surface area contributed by atoms with Crippen LogP contribution in [0.5, 0.6) is 0 Å². The van der Waals surface area contributed by atoms with Gasteiger partial charge in [-0.15, -0.1) is 0 Å². The summed E-state index contributed by atoms with van der Waals surface area (Å²) in [5, 5.41) is 0.800. The van der Waals surface area contributed by atoms with Crippen LogP contribution in [-0.4, -0.2) is 5.97 Å². The number of hydrogen-bond acceptors (Lipinski definition) is 4. The Kier molecular flexibility index (Phi) is 5.46. The fourth-order valence-corrected chi connectivity index (χ4v) is 3.59. The van der Waals surface area contributed by atoms with Crippen LogP contribution in [0.2, 0.25) is 0 Å². The number of ether oxygens (including phenoxy) is 1. The molecule has 0 amide bonds. The summed E-state index contributed by atoms with van der Waals surface area (Å²) in [5.41, 5.74) is 3.48. The first-order valence-electron chi connectivity index (χ1n) is 8.35. The average Bonchev–Trinajstić information content (AvgIpc) is 2.58. The Morgan fingerprint density at radius 1 is 1.19 bits per heavy atom. The maximum absolute atomic E-state index is 12.4. The Morgan fingerprint density at radius 2 is 1.92 bits per heavy atom. The fraction of sp³-hybridized carbons (Fsp3) is 0.238. The molecule has 0 atom stereocenters. The van der Waals surface area contributed by atoms with Crippen molar-refractivity contribution in [2.45, 2.75) is 33.3 Å². The zero-order valence-electron chi connectivity index (χ0n) is 14.8. The molecule has 0 aliphatic carbocycles. The third-order valence-electron chi connectivity index (χ3n) is 4.29. The largest absolute Gasteiger partial charge is 0.457 e. The molecule has 1 heterocycles. The van der Waals surface area contributed by atoms with Gasteiger partial charge in [-0.3, -0.25) is 0 Å². The monoisotopic (exact) mass is 462 g/mol. The molecule has 26 heavy (non-hydrogen) atoms. The Hall–Kier alpha value is -2.15. The zero-order chi connectivity index (χ0) is 18.8. The molecular formula is C21H19IO4. The Bertz CT molecular complexity index is 1030. The highest BCUT2D eigenvalue weighted by Crippen LogP contribution is 2.27. The third kappa shape index (κ3) is 3.82. The van der Waals surface area contributed by atoms with Crippen molar-refractivity contribution >= 4 is 39.5 Å². The molecule has 134 valence electrons. The summed E-state index contributed by atoms with van der Waals surface area (Å²) >= 11 is 2.10. The molecule has 0 spiro atoms. The van der Waals surface area contributed by atoms with Gasteiger partial charge in [-0.05, 0) is 70.8 Å². The van der Waals surface area contributed by atoms with Gasteiger partial charge in [0.05, 0.1) is 5.56 Å². The lowest BCUT2D eigenvalue weighted by Gasteiger charge is -2.13. The minimum Gasteiger partial charge on any atom is -0.457 e. The minimum absolute atomic E-state index is 0.0203. The van der Waals surface area contributed by atoms with Gasteiger partial charge in [0, 0.05) is 20.6 Å². The Labute approximate surface area is 165 Å². The number of aryl methyl sites for hydroxylation is 1. The molecule has 0 aliphatic rings. The first kappa shape index (κ1) is 18.6. The van der Waals surface area contributed by atoms with Gasteiger partial charge in [0.15, 0.2) is 0 Å². The van der Waals surface area contributed by atoms with E-state index in [1.54, 1.807) is 12.1 Å². The van der Waals surface area contributed by atoms with Crippen LogP contribution in [0, 0.1) is 10.5 Å². The van der Waals surface area contributed by atoms with Crippen molar-refractivity contribution in [3.8, 4) is 0 Å². The van der Waals surface area contributed by atoms with Crippen LogP contribution in [0.25, 0.3) is 11.0 Å². The van der Waals surface area contributed by atoms with Crippen molar-refractivity contribution in [3.63, 3.8) is 0 Å². The highest BCUT2D eigenvalue weighted by molar-refractivity contribution is 14.1. The van der Waals surface area contributed by atoms with Crippen LogP contribution in [0.3, 0.4) is 0 Å². The van der Waals surface area contributed by atoms with Crippen LogP contribution in [0.1, 0.15) is 46.8 Å². The average molecular weight is 462 g/mol. The van der Waals surface area contributed by atoms with E-state index in [0.717, 1.165) is 14.5 Å². The van der Waals surface area contributed by atoms with Crippen LogP contribution < -0.4 is 5.63 Å². The van der Waals surface area contributed by atoms with Crippen molar-refractivity contribution in [1.82, 2.24) is 0 Å². The van der Waals surface area contributed by atoms with Crippen molar-refractivity contribution in [2.75, 3.05) is 0 Å². The van der Waals surface area contributed by atoms with Gasteiger partial charge < -0.3 is 9.15 Å². The van der Waals surface area contributed by atoms with Gasteiger partial charge >= 0.3 is 11.6 Å². The summed E-state index contributed by atoms with van der Waals surface area (Å²) < 4.78 is 11.6. The van der Waals surface area contributed by atoms with E-state index in [1.807, 2.05) is 31.2 Å². The van der Waals surface area contributed by atoms with E-state index < -0.39 is 11.6 Å². The predicted molar refractivity (Wildman–Crippen MR) is 110 cm³/mol. The second-order valence-corrected chi connectivity index (χ2v) is 7.67. The smallest absolute Gasteiger partial charge is 0.339 e. The van der Waals surface area contributed by atoms with E-state index in [4.69, 9.17) is 9.15 Å². The first-order valence-corrected chi connectivity index (χ1v) is 9.43. The first-order chi connectivity index (χ1) is 12.4. The van der Waals surface area contributed by atoms with Gasteiger partial charge in [0.2, 0.25) is 0 Å². The Morgan fingerprint density at radius 3 is 2.62 bits per heavy atom. The topological polar surface area (TPSA) is 56.5 Å². The molecule has 0 unspecified atom stereocenters. The van der Waals surface area contributed by atoms with E-state index in [9.17, 15) is 9.59 Å². The van der Waals surface area contributed by atoms with E-state index >= 15 is 0 Å². The number of fused-ring (bicyclic) bond motifs is 1. The third-order valence-corrected chi connectivity index (χ3v) is 5.23. The maximum Gasteiger partial charge on any atom is 0.339 e. The van der Waals surface area contributed by atoms with Crippen LogP contribution in [-0.2, 0) is 11.3 Å². The number of benzene rings is 2. The van der Waals surface area contributed by atoms with Crippen molar-refractivity contribution < 1.29 is 13.9 Å². The number of carbonyl (C=O) groups excluding carboxylic acids is 1.